The number of hydrogen-bond donors (Lipinski definition) is 2. The van der Waals surface area contributed by atoms with E-state index in [0.717, 1.165) is 24.0 Å². The predicted octanol–water partition coefficient (Wildman–Crippen LogP) is 3.55. The summed E-state index contributed by atoms with van der Waals surface area (Å²) >= 11 is 0. The van der Waals surface area contributed by atoms with Crippen LogP contribution in [-0.2, 0) is 29.0 Å². The van der Waals surface area contributed by atoms with Crippen LogP contribution < -0.4 is 10.6 Å². The number of hydrogen-bond acceptors (Lipinski definition) is 3. The first kappa shape index (κ1) is 23.7. The second-order valence-corrected chi connectivity index (χ2v) is 8.60. The first-order valence-electron chi connectivity index (χ1n) is 9.17. The number of sulfone groups is 1. The van der Waals surface area contributed by atoms with Crippen LogP contribution >= 0.6 is 0 Å². The first-order chi connectivity index (χ1) is 14.0. The average molecular weight is 445 g/mol. The summed E-state index contributed by atoms with van der Waals surface area (Å²) in [7, 11) is -3.26. The molecule has 164 valence electrons. The lowest BCUT2D eigenvalue weighted by atomic mass is 10.1. The van der Waals surface area contributed by atoms with Gasteiger partial charge in [0.15, 0.2) is 15.8 Å². The number of halogens is 4. The SMILES string of the molecule is CCNC(=NCc1ccc(F)cc1C(F)(F)F)NCCc1ccc(S(C)(=O)=O)cc1. The van der Waals surface area contributed by atoms with E-state index in [4.69, 9.17) is 0 Å². The Morgan fingerprint density at radius 1 is 1.07 bits per heavy atom. The summed E-state index contributed by atoms with van der Waals surface area (Å²) in [5.41, 5.74) is -0.283. The van der Waals surface area contributed by atoms with Crippen molar-refractivity contribution in [3.63, 3.8) is 0 Å². The molecule has 0 unspecified atom stereocenters. The van der Waals surface area contributed by atoms with E-state index in [9.17, 15) is 26.0 Å². The van der Waals surface area contributed by atoms with Gasteiger partial charge in [-0.1, -0.05) is 18.2 Å². The fraction of sp³-hybridized carbons (Fsp3) is 0.350. The van der Waals surface area contributed by atoms with Crippen LogP contribution in [0.15, 0.2) is 52.4 Å². The Bertz CT molecular complexity index is 988. The molecule has 2 aromatic carbocycles. The zero-order valence-electron chi connectivity index (χ0n) is 16.6. The predicted molar refractivity (Wildman–Crippen MR) is 107 cm³/mol. The third-order valence-electron chi connectivity index (χ3n) is 4.19. The van der Waals surface area contributed by atoms with Crippen molar-refractivity contribution in [2.24, 2.45) is 4.99 Å². The summed E-state index contributed by atoms with van der Waals surface area (Å²) in [6.07, 6.45) is -2.98. The number of alkyl halides is 3. The lowest BCUT2D eigenvalue weighted by Crippen LogP contribution is -2.38. The van der Waals surface area contributed by atoms with Gasteiger partial charge in [-0.05, 0) is 48.7 Å². The van der Waals surface area contributed by atoms with E-state index in [0.29, 0.717) is 31.5 Å². The molecule has 0 heterocycles. The van der Waals surface area contributed by atoms with Crippen molar-refractivity contribution in [2.45, 2.75) is 31.0 Å². The van der Waals surface area contributed by atoms with E-state index >= 15 is 0 Å². The van der Waals surface area contributed by atoms with Gasteiger partial charge in [0.25, 0.3) is 0 Å². The van der Waals surface area contributed by atoms with Crippen LogP contribution in [0.25, 0.3) is 0 Å². The van der Waals surface area contributed by atoms with Crippen LogP contribution in [-0.4, -0.2) is 33.7 Å². The zero-order chi connectivity index (χ0) is 22.4. The first-order valence-corrected chi connectivity index (χ1v) is 11.1. The summed E-state index contributed by atoms with van der Waals surface area (Å²) in [6, 6.07) is 8.97. The smallest absolute Gasteiger partial charge is 0.357 e. The molecule has 10 heteroatoms. The Labute approximate surface area is 173 Å². The van der Waals surface area contributed by atoms with Gasteiger partial charge in [-0.3, -0.25) is 0 Å². The zero-order valence-corrected chi connectivity index (χ0v) is 17.4. The van der Waals surface area contributed by atoms with Gasteiger partial charge in [-0.2, -0.15) is 13.2 Å². The van der Waals surface area contributed by atoms with Gasteiger partial charge in [-0.15, -0.1) is 0 Å². The molecule has 2 N–H and O–H groups in total. The van der Waals surface area contributed by atoms with Gasteiger partial charge >= 0.3 is 6.18 Å². The number of nitrogens with one attached hydrogen (secondary N) is 2. The summed E-state index contributed by atoms with van der Waals surface area (Å²) in [4.78, 5) is 4.39. The minimum absolute atomic E-state index is 0.127. The molecular weight excluding hydrogens is 422 g/mol. The van der Waals surface area contributed by atoms with E-state index in [-0.39, 0.29) is 17.0 Å². The van der Waals surface area contributed by atoms with E-state index < -0.39 is 27.4 Å². The van der Waals surface area contributed by atoms with E-state index in [2.05, 4.69) is 15.6 Å². The summed E-state index contributed by atoms with van der Waals surface area (Å²) in [5.74, 6) is -0.635. The molecule has 0 radical (unpaired) electrons. The molecule has 2 aromatic rings. The maximum absolute atomic E-state index is 13.2. The summed E-state index contributed by atoms with van der Waals surface area (Å²) in [5, 5.41) is 5.96. The molecule has 0 fully saturated rings. The van der Waals surface area contributed by atoms with Crippen LogP contribution in [0.2, 0.25) is 0 Å². The van der Waals surface area contributed by atoms with Crippen LogP contribution in [0.3, 0.4) is 0 Å². The number of guanidine groups is 1. The molecule has 5 nitrogen and oxygen atoms in total. The second kappa shape index (κ2) is 9.92. The monoisotopic (exact) mass is 445 g/mol. The van der Waals surface area contributed by atoms with Gasteiger partial charge in [-0.25, -0.2) is 17.8 Å². The average Bonchev–Trinajstić information content (AvgIpc) is 2.65. The molecule has 0 aliphatic heterocycles. The van der Waals surface area contributed by atoms with Crippen molar-refractivity contribution in [1.82, 2.24) is 10.6 Å². The van der Waals surface area contributed by atoms with Gasteiger partial charge in [0.05, 0.1) is 17.0 Å². The van der Waals surface area contributed by atoms with E-state index in [1.807, 2.05) is 6.92 Å². The third kappa shape index (κ3) is 7.01. The highest BCUT2D eigenvalue weighted by molar-refractivity contribution is 7.90. The molecule has 2 rings (SSSR count). The Kier molecular flexibility index (Phi) is 7.83. The Hall–Kier alpha value is -2.62. The highest BCUT2D eigenvalue weighted by Crippen LogP contribution is 2.32. The molecule has 30 heavy (non-hydrogen) atoms. The normalized spacial score (nSPS) is 12.7. The molecule has 0 aliphatic rings. The van der Waals surface area contributed by atoms with Crippen LogP contribution in [0.5, 0.6) is 0 Å². The molecule has 0 aromatic heterocycles. The number of aliphatic imine (C=N–C) groups is 1. The van der Waals surface area contributed by atoms with Crippen molar-refractivity contribution in [1.29, 1.82) is 0 Å². The van der Waals surface area contributed by atoms with E-state index in [1.54, 1.807) is 12.1 Å². The molecular formula is C20H23F4N3O2S. The lowest BCUT2D eigenvalue weighted by molar-refractivity contribution is -0.138. The maximum Gasteiger partial charge on any atom is 0.416 e. The Morgan fingerprint density at radius 3 is 2.30 bits per heavy atom. The van der Waals surface area contributed by atoms with Crippen LogP contribution in [0.1, 0.15) is 23.6 Å². The maximum atomic E-state index is 13.2. The van der Waals surface area contributed by atoms with Crippen molar-refractivity contribution in [2.75, 3.05) is 19.3 Å². The highest BCUT2D eigenvalue weighted by Gasteiger charge is 2.33. The van der Waals surface area contributed by atoms with Gasteiger partial charge < -0.3 is 10.6 Å². The molecule has 0 amide bonds. The standard InChI is InChI=1S/C20H23F4N3O2S/c1-3-25-19(26-11-10-14-4-8-17(9-5-14)30(2,28)29)27-13-15-6-7-16(21)12-18(15)20(22,23)24/h4-9,12H,3,10-11,13H2,1-2H3,(H2,25,26,27). The van der Waals surface area contributed by atoms with Crippen molar-refractivity contribution >= 4 is 15.8 Å². The van der Waals surface area contributed by atoms with Crippen molar-refractivity contribution in [3.8, 4) is 0 Å². The minimum Gasteiger partial charge on any atom is -0.357 e. The van der Waals surface area contributed by atoms with Crippen molar-refractivity contribution in [3.05, 3.63) is 65.0 Å². The van der Waals surface area contributed by atoms with E-state index in [1.165, 1.54) is 12.1 Å². The minimum atomic E-state index is -4.67. The lowest BCUT2D eigenvalue weighted by Gasteiger charge is -2.14. The van der Waals surface area contributed by atoms with Crippen LogP contribution in [0, 0.1) is 5.82 Å². The second-order valence-electron chi connectivity index (χ2n) is 6.59. The molecule has 0 aliphatic carbocycles. The Morgan fingerprint density at radius 2 is 1.73 bits per heavy atom. The summed E-state index contributed by atoms with van der Waals surface area (Å²) < 4.78 is 75.5. The van der Waals surface area contributed by atoms with Gasteiger partial charge in [0, 0.05) is 19.3 Å². The topological polar surface area (TPSA) is 70.6 Å². The highest BCUT2D eigenvalue weighted by atomic mass is 32.2. The van der Waals surface area contributed by atoms with Gasteiger partial charge in [0.1, 0.15) is 5.82 Å². The summed E-state index contributed by atoms with van der Waals surface area (Å²) in [6.45, 7) is 2.48. The fourth-order valence-electron chi connectivity index (χ4n) is 2.68. The molecule has 0 atom stereocenters. The number of nitrogens with zero attached hydrogens (tertiary/aromatic N) is 1. The largest absolute Gasteiger partial charge is 0.416 e. The quantitative estimate of drug-likeness (QED) is 0.389. The van der Waals surface area contributed by atoms with Crippen molar-refractivity contribution < 1.29 is 26.0 Å². The molecule has 0 saturated carbocycles. The van der Waals surface area contributed by atoms with Gasteiger partial charge in [0.2, 0.25) is 0 Å². The molecule has 0 bridgehead atoms. The fourth-order valence-corrected chi connectivity index (χ4v) is 3.32. The van der Waals surface area contributed by atoms with Crippen LogP contribution in [0.4, 0.5) is 17.6 Å². The molecule has 0 spiro atoms. The number of rotatable bonds is 7. The third-order valence-corrected chi connectivity index (χ3v) is 5.32. The number of benzene rings is 2. The Balaban J connectivity index is 2.04. The molecule has 0 saturated heterocycles.